The van der Waals surface area contributed by atoms with E-state index in [0.29, 0.717) is 11.0 Å². The highest BCUT2D eigenvalue weighted by Crippen LogP contribution is 2.34. The van der Waals surface area contributed by atoms with Crippen molar-refractivity contribution in [3.05, 3.63) is 0 Å². The molecule has 2 N–H and O–H groups in total. The Bertz CT molecular complexity index is 166. The van der Waals surface area contributed by atoms with Crippen molar-refractivity contribution < 1.29 is 0 Å². The first-order valence-corrected chi connectivity index (χ1v) is 5.00. The summed E-state index contributed by atoms with van der Waals surface area (Å²) < 4.78 is 0. The van der Waals surface area contributed by atoms with Crippen molar-refractivity contribution in [2.45, 2.75) is 32.2 Å². The second-order valence-corrected chi connectivity index (χ2v) is 4.30. The van der Waals surface area contributed by atoms with E-state index in [1.54, 1.807) is 0 Å². The van der Waals surface area contributed by atoms with Crippen LogP contribution < -0.4 is 5.73 Å². The number of hydrogen-bond acceptors (Lipinski definition) is 2. The van der Waals surface area contributed by atoms with Gasteiger partial charge in [0.25, 0.3) is 0 Å². The molecule has 1 aliphatic carbocycles. The molecule has 1 fully saturated rings. The Balaban J connectivity index is 2.17. The molecule has 1 unspecified atom stereocenters. The molecule has 0 bridgehead atoms. The number of hydrogen-bond donors (Lipinski definition) is 1. The smallest absolute Gasteiger partial charge is 0.0740 e. The van der Waals surface area contributed by atoms with Gasteiger partial charge in [0, 0.05) is 19.0 Å². The summed E-state index contributed by atoms with van der Waals surface area (Å²) >= 11 is 4.83. The fraction of sp³-hybridized carbons (Fsp3) is 0.889. The molecule has 1 rings (SSSR count). The average molecular weight is 186 g/mol. The van der Waals surface area contributed by atoms with E-state index >= 15 is 0 Å². The normalized spacial score (nSPS) is 19.6. The molecule has 1 saturated carbocycles. The minimum atomic E-state index is 0.629. The molecule has 1 aliphatic rings. The molecule has 0 heterocycles. The molecule has 0 radical (unpaired) electrons. The van der Waals surface area contributed by atoms with E-state index < -0.39 is 0 Å². The van der Waals surface area contributed by atoms with Crippen LogP contribution in [-0.2, 0) is 0 Å². The SMILES string of the molecule is CC(C1CC1)N(C)CCC(N)=S. The summed E-state index contributed by atoms with van der Waals surface area (Å²) in [7, 11) is 2.15. The number of rotatable bonds is 5. The lowest BCUT2D eigenvalue weighted by Gasteiger charge is -2.24. The predicted molar refractivity (Wildman–Crippen MR) is 56.2 cm³/mol. The fourth-order valence-corrected chi connectivity index (χ4v) is 1.52. The van der Waals surface area contributed by atoms with Crippen molar-refractivity contribution in [3.63, 3.8) is 0 Å². The second kappa shape index (κ2) is 4.19. The van der Waals surface area contributed by atoms with Crippen LogP contribution in [0.25, 0.3) is 0 Å². The Morgan fingerprint density at radius 3 is 2.67 bits per heavy atom. The molecule has 12 heavy (non-hydrogen) atoms. The van der Waals surface area contributed by atoms with E-state index in [1.807, 2.05) is 0 Å². The van der Waals surface area contributed by atoms with Crippen molar-refractivity contribution >= 4 is 17.2 Å². The average Bonchev–Trinajstić information content (AvgIpc) is 2.80. The van der Waals surface area contributed by atoms with Crippen LogP contribution in [0.3, 0.4) is 0 Å². The van der Waals surface area contributed by atoms with Gasteiger partial charge < -0.3 is 10.6 Å². The number of thiocarbonyl (C=S) groups is 1. The Labute approximate surface area is 80.1 Å². The molecule has 3 heteroatoms. The van der Waals surface area contributed by atoms with Gasteiger partial charge in [0.2, 0.25) is 0 Å². The lowest BCUT2D eigenvalue weighted by atomic mass is 10.2. The monoisotopic (exact) mass is 186 g/mol. The molecule has 0 aromatic heterocycles. The molecule has 0 amide bonds. The molecule has 0 saturated heterocycles. The van der Waals surface area contributed by atoms with Gasteiger partial charge in [0.1, 0.15) is 0 Å². The molecular formula is C9H18N2S. The van der Waals surface area contributed by atoms with Gasteiger partial charge in [0.05, 0.1) is 4.99 Å². The van der Waals surface area contributed by atoms with E-state index in [0.717, 1.165) is 18.9 Å². The second-order valence-electron chi connectivity index (χ2n) is 3.77. The highest BCUT2D eigenvalue weighted by Gasteiger charge is 2.29. The topological polar surface area (TPSA) is 29.3 Å². The number of nitrogens with two attached hydrogens (primary N) is 1. The van der Waals surface area contributed by atoms with Crippen molar-refractivity contribution in [1.82, 2.24) is 4.90 Å². The third-order valence-corrected chi connectivity index (χ3v) is 2.91. The summed E-state index contributed by atoms with van der Waals surface area (Å²) in [5.74, 6) is 0.932. The largest absolute Gasteiger partial charge is 0.393 e. The molecule has 1 atom stereocenters. The molecule has 0 spiro atoms. The Morgan fingerprint density at radius 2 is 2.25 bits per heavy atom. The van der Waals surface area contributed by atoms with E-state index in [2.05, 4.69) is 18.9 Å². The van der Waals surface area contributed by atoms with Gasteiger partial charge in [-0.25, -0.2) is 0 Å². The summed E-state index contributed by atoms with van der Waals surface area (Å²) in [6.07, 6.45) is 3.65. The zero-order chi connectivity index (χ0) is 9.14. The molecule has 2 nitrogen and oxygen atoms in total. The molecular weight excluding hydrogens is 168 g/mol. The van der Waals surface area contributed by atoms with Gasteiger partial charge in [-0.2, -0.15) is 0 Å². The van der Waals surface area contributed by atoms with Gasteiger partial charge >= 0.3 is 0 Å². The van der Waals surface area contributed by atoms with Gasteiger partial charge in [0.15, 0.2) is 0 Å². The van der Waals surface area contributed by atoms with Crippen LogP contribution in [0.1, 0.15) is 26.2 Å². The lowest BCUT2D eigenvalue weighted by Crippen LogP contribution is -2.33. The Hall–Kier alpha value is -0.150. The van der Waals surface area contributed by atoms with E-state index in [9.17, 15) is 0 Å². The minimum absolute atomic E-state index is 0.629. The maximum absolute atomic E-state index is 5.44. The zero-order valence-corrected chi connectivity index (χ0v) is 8.73. The molecule has 0 aromatic carbocycles. The molecule has 70 valence electrons. The molecule has 0 aliphatic heterocycles. The first-order valence-electron chi connectivity index (χ1n) is 4.60. The predicted octanol–water partition coefficient (Wildman–Crippen LogP) is 1.39. The summed E-state index contributed by atoms with van der Waals surface area (Å²) in [5.41, 5.74) is 5.44. The molecule has 0 aromatic rings. The van der Waals surface area contributed by atoms with Gasteiger partial charge in [-0.3, -0.25) is 0 Å². The van der Waals surface area contributed by atoms with Crippen molar-refractivity contribution in [2.24, 2.45) is 11.7 Å². The van der Waals surface area contributed by atoms with Crippen LogP contribution in [0.5, 0.6) is 0 Å². The highest BCUT2D eigenvalue weighted by molar-refractivity contribution is 7.80. The van der Waals surface area contributed by atoms with Crippen molar-refractivity contribution in [1.29, 1.82) is 0 Å². The summed E-state index contributed by atoms with van der Waals surface area (Å²) in [6.45, 7) is 3.30. The van der Waals surface area contributed by atoms with Gasteiger partial charge in [-0.1, -0.05) is 12.2 Å². The quantitative estimate of drug-likeness (QED) is 0.658. The third kappa shape index (κ3) is 3.07. The summed E-state index contributed by atoms with van der Waals surface area (Å²) in [6, 6.07) is 0.708. The van der Waals surface area contributed by atoms with Crippen molar-refractivity contribution in [2.75, 3.05) is 13.6 Å². The van der Waals surface area contributed by atoms with E-state index in [-0.39, 0.29) is 0 Å². The Kier molecular flexibility index (Phi) is 3.47. The minimum Gasteiger partial charge on any atom is -0.393 e. The van der Waals surface area contributed by atoms with E-state index in [1.165, 1.54) is 12.8 Å². The van der Waals surface area contributed by atoms with Crippen LogP contribution in [0, 0.1) is 5.92 Å². The van der Waals surface area contributed by atoms with Crippen LogP contribution in [0.2, 0.25) is 0 Å². The van der Waals surface area contributed by atoms with Crippen LogP contribution in [-0.4, -0.2) is 29.5 Å². The van der Waals surface area contributed by atoms with E-state index in [4.69, 9.17) is 18.0 Å². The fourth-order valence-electron chi connectivity index (χ4n) is 1.43. The van der Waals surface area contributed by atoms with Crippen LogP contribution in [0.4, 0.5) is 0 Å². The zero-order valence-electron chi connectivity index (χ0n) is 7.92. The highest BCUT2D eigenvalue weighted by atomic mass is 32.1. The maximum atomic E-state index is 5.44. The van der Waals surface area contributed by atoms with Crippen LogP contribution >= 0.6 is 12.2 Å². The van der Waals surface area contributed by atoms with Crippen molar-refractivity contribution in [3.8, 4) is 0 Å². The summed E-state index contributed by atoms with van der Waals surface area (Å²) in [4.78, 5) is 2.99. The third-order valence-electron chi connectivity index (χ3n) is 2.71. The lowest BCUT2D eigenvalue weighted by molar-refractivity contribution is 0.241. The van der Waals surface area contributed by atoms with Gasteiger partial charge in [-0.15, -0.1) is 0 Å². The number of nitrogens with zero attached hydrogens (tertiary/aromatic N) is 1. The first-order chi connectivity index (χ1) is 5.61. The van der Waals surface area contributed by atoms with Gasteiger partial charge in [-0.05, 0) is 32.7 Å². The first kappa shape index (κ1) is 9.93. The Morgan fingerprint density at radius 1 is 1.67 bits per heavy atom. The van der Waals surface area contributed by atoms with Crippen LogP contribution in [0.15, 0.2) is 0 Å². The maximum Gasteiger partial charge on any atom is 0.0740 e. The summed E-state index contributed by atoms with van der Waals surface area (Å²) in [5, 5.41) is 0. The standard InChI is InChI=1S/C9H18N2S/c1-7(8-3-4-8)11(2)6-5-9(10)12/h7-8H,3-6H2,1-2H3,(H2,10,12).